The van der Waals surface area contributed by atoms with Crippen molar-refractivity contribution in [1.82, 2.24) is 0 Å². The van der Waals surface area contributed by atoms with Gasteiger partial charge in [-0.05, 0) is 6.42 Å². The molecule has 3 nitrogen and oxygen atoms in total. The molecule has 0 amide bonds. The predicted molar refractivity (Wildman–Crippen MR) is 82.5 cm³/mol. The number of hydrogen-bond donors (Lipinski definition) is 0. The number of hydrogen-bond acceptors (Lipinski definition) is 3. The second kappa shape index (κ2) is 14.5. The van der Waals surface area contributed by atoms with Gasteiger partial charge < -0.3 is 4.74 Å². The van der Waals surface area contributed by atoms with Crippen molar-refractivity contribution in [3.8, 4) is 0 Å². The first kappa shape index (κ1) is 19.1. The first-order valence-corrected chi connectivity index (χ1v) is 8.44. The summed E-state index contributed by atoms with van der Waals surface area (Å²) in [5, 5.41) is 0. The second-order valence-corrected chi connectivity index (χ2v) is 5.49. The number of esters is 2. The highest BCUT2D eigenvalue weighted by Gasteiger charge is 2.07. The van der Waals surface area contributed by atoms with E-state index in [2.05, 4.69) is 11.7 Å². The van der Waals surface area contributed by atoms with Crippen LogP contribution in [0, 0.1) is 0 Å². The maximum Gasteiger partial charge on any atom is 0.313 e. The van der Waals surface area contributed by atoms with Crippen LogP contribution in [0.25, 0.3) is 0 Å². The molecule has 0 unspecified atom stereocenters. The van der Waals surface area contributed by atoms with E-state index in [1.54, 1.807) is 6.92 Å². The summed E-state index contributed by atoms with van der Waals surface area (Å²) in [5.74, 6) is -0.786. The molecule has 0 radical (unpaired) electrons. The fourth-order valence-corrected chi connectivity index (χ4v) is 2.18. The van der Waals surface area contributed by atoms with Crippen molar-refractivity contribution >= 4 is 11.9 Å². The Balaban J connectivity index is 3.16. The predicted octanol–water partition coefficient (Wildman–Crippen LogP) is 5.17. The molecule has 0 aliphatic heterocycles. The maximum atomic E-state index is 11.2. The van der Waals surface area contributed by atoms with E-state index in [0.29, 0.717) is 6.42 Å². The number of carbonyl (C=O) groups is 2. The third-order valence-electron chi connectivity index (χ3n) is 3.50. The fourth-order valence-electron chi connectivity index (χ4n) is 2.18. The number of carbonyl (C=O) groups excluding carboxylic acids is 2. The third-order valence-corrected chi connectivity index (χ3v) is 3.50. The van der Waals surface area contributed by atoms with Gasteiger partial charge in [-0.15, -0.1) is 0 Å². The first-order valence-electron chi connectivity index (χ1n) is 8.44. The molecule has 0 aromatic heterocycles. The van der Waals surface area contributed by atoms with Gasteiger partial charge in [-0.2, -0.15) is 0 Å². The lowest BCUT2D eigenvalue weighted by molar-refractivity contribution is -0.159. The van der Waals surface area contributed by atoms with Crippen molar-refractivity contribution in [1.29, 1.82) is 0 Å². The number of ether oxygens (including phenoxy) is 1. The normalized spacial score (nSPS) is 10.5. The summed E-state index contributed by atoms with van der Waals surface area (Å²) in [6.45, 7) is 3.94. The van der Waals surface area contributed by atoms with Crippen LogP contribution in [0.1, 0.15) is 97.3 Å². The van der Waals surface area contributed by atoms with Crippen LogP contribution in [-0.4, -0.2) is 11.9 Å². The van der Waals surface area contributed by atoms with Crippen molar-refractivity contribution in [2.24, 2.45) is 0 Å². The quantitative estimate of drug-likeness (QED) is 0.266. The average molecular weight is 284 g/mol. The summed E-state index contributed by atoms with van der Waals surface area (Å²) in [7, 11) is 0. The van der Waals surface area contributed by atoms with Gasteiger partial charge >= 0.3 is 11.9 Å². The highest BCUT2D eigenvalue weighted by Crippen LogP contribution is 2.12. The molecule has 0 aliphatic rings. The second-order valence-electron chi connectivity index (χ2n) is 5.49. The van der Waals surface area contributed by atoms with Crippen LogP contribution in [0.5, 0.6) is 0 Å². The third kappa shape index (κ3) is 13.6. The van der Waals surface area contributed by atoms with Crippen molar-refractivity contribution in [2.75, 3.05) is 0 Å². The van der Waals surface area contributed by atoms with E-state index in [0.717, 1.165) is 12.8 Å². The van der Waals surface area contributed by atoms with Crippen molar-refractivity contribution in [3.63, 3.8) is 0 Å². The molecule has 118 valence electrons. The summed E-state index contributed by atoms with van der Waals surface area (Å²) in [4.78, 5) is 22.1. The van der Waals surface area contributed by atoms with E-state index in [4.69, 9.17) is 0 Å². The molecule has 0 saturated heterocycles. The Bertz CT molecular complexity index is 249. The SMILES string of the molecule is CCCCCCCCCCCCCC(=O)OC(=O)CC. The molecular weight excluding hydrogens is 252 g/mol. The molecule has 0 aromatic rings. The van der Waals surface area contributed by atoms with Crippen molar-refractivity contribution in [2.45, 2.75) is 97.3 Å². The molecular formula is C17H32O3. The zero-order chi connectivity index (χ0) is 15.1. The average Bonchev–Trinajstić information content (AvgIpc) is 2.44. The summed E-state index contributed by atoms with van der Waals surface area (Å²) in [6.07, 6.45) is 14.5. The van der Waals surface area contributed by atoms with E-state index in [1.807, 2.05) is 0 Å². The lowest BCUT2D eigenvalue weighted by Crippen LogP contribution is -2.10. The van der Waals surface area contributed by atoms with Gasteiger partial charge in [0.2, 0.25) is 0 Å². The van der Waals surface area contributed by atoms with Gasteiger partial charge in [0, 0.05) is 12.8 Å². The van der Waals surface area contributed by atoms with Crippen molar-refractivity contribution in [3.05, 3.63) is 0 Å². The molecule has 0 atom stereocenters. The zero-order valence-electron chi connectivity index (χ0n) is 13.4. The topological polar surface area (TPSA) is 43.4 Å². The first-order chi connectivity index (χ1) is 9.70. The maximum absolute atomic E-state index is 11.2. The van der Waals surface area contributed by atoms with Crippen molar-refractivity contribution < 1.29 is 14.3 Å². The van der Waals surface area contributed by atoms with E-state index >= 15 is 0 Å². The summed E-state index contributed by atoms with van der Waals surface area (Å²) >= 11 is 0. The summed E-state index contributed by atoms with van der Waals surface area (Å²) in [5.41, 5.74) is 0. The number of unbranched alkanes of at least 4 members (excludes halogenated alkanes) is 10. The number of rotatable bonds is 13. The van der Waals surface area contributed by atoms with E-state index in [9.17, 15) is 9.59 Å². The highest BCUT2D eigenvalue weighted by atomic mass is 16.6. The van der Waals surface area contributed by atoms with Crippen LogP contribution in [0.2, 0.25) is 0 Å². The molecule has 0 saturated carbocycles. The van der Waals surface area contributed by atoms with Crippen LogP contribution >= 0.6 is 0 Å². The Morgan fingerprint density at radius 1 is 0.650 bits per heavy atom. The summed E-state index contributed by atoms with van der Waals surface area (Å²) in [6, 6.07) is 0. The molecule has 0 spiro atoms. The van der Waals surface area contributed by atoms with Crippen LogP contribution in [0.15, 0.2) is 0 Å². The Kier molecular flexibility index (Phi) is 13.9. The van der Waals surface area contributed by atoms with E-state index in [1.165, 1.54) is 57.8 Å². The molecule has 0 rings (SSSR count). The molecule has 0 heterocycles. The van der Waals surface area contributed by atoms with Crippen LogP contribution in [0.4, 0.5) is 0 Å². The van der Waals surface area contributed by atoms with Crippen LogP contribution in [-0.2, 0) is 14.3 Å². The minimum absolute atomic E-state index is 0.268. The molecule has 0 bridgehead atoms. The van der Waals surface area contributed by atoms with Gasteiger partial charge in [-0.1, -0.05) is 78.1 Å². The Hall–Kier alpha value is -0.860. The summed E-state index contributed by atoms with van der Waals surface area (Å²) < 4.78 is 4.61. The smallest absolute Gasteiger partial charge is 0.313 e. The Morgan fingerprint density at radius 3 is 1.55 bits per heavy atom. The van der Waals surface area contributed by atoms with Gasteiger partial charge in [0.05, 0.1) is 0 Å². The standard InChI is InChI=1S/C17H32O3/c1-3-5-6-7-8-9-10-11-12-13-14-15-17(19)20-16(18)4-2/h3-15H2,1-2H3. The molecule has 3 heteroatoms. The molecule has 0 aromatic carbocycles. The Labute approximate surface area is 124 Å². The van der Waals surface area contributed by atoms with E-state index in [-0.39, 0.29) is 12.4 Å². The monoisotopic (exact) mass is 284 g/mol. The molecule has 20 heavy (non-hydrogen) atoms. The highest BCUT2D eigenvalue weighted by molar-refractivity contribution is 5.85. The van der Waals surface area contributed by atoms with Gasteiger partial charge in [-0.25, -0.2) is 0 Å². The van der Waals surface area contributed by atoms with Gasteiger partial charge in [0.1, 0.15) is 0 Å². The largest absolute Gasteiger partial charge is 0.393 e. The van der Waals surface area contributed by atoms with Gasteiger partial charge in [-0.3, -0.25) is 9.59 Å². The molecule has 0 fully saturated rings. The molecule has 0 N–H and O–H groups in total. The van der Waals surface area contributed by atoms with Gasteiger partial charge in [0.15, 0.2) is 0 Å². The van der Waals surface area contributed by atoms with Crippen LogP contribution in [0.3, 0.4) is 0 Å². The minimum Gasteiger partial charge on any atom is -0.393 e. The molecule has 0 aliphatic carbocycles. The fraction of sp³-hybridized carbons (Fsp3) is 0.882. The lowest BCUT2D eigenvalue weighted by Gasteiger charge is -2.03. The van der Waals surface area contributed by atoms with Crippen LogP contribution < -0.4 is 0 Å². The Morgan fingerprint density at radius 2 is 1.10 bits per heavy atom. The zero-order valence-corrected chi connectivity index (χ0v) is 13.4. The minimum atomic E-state index is -0.418. The van der Waals surface area contributed by atoms with E-state index < -0.39 is 5.97 Å². The van der Waals surface area contributed by atoms with Gasteiger partial charge in [0.25, 0.3) is 0 Å². The lowest BCUT2D eigenvalue weighted by atomic mass is 10.1.